The van der Waals surface area contributed by atoms with Gasteiger partial charge < -0.3 is 25.7 Å². The molecular weight excluding hydrogens is 440 g/mol. The van der Waals surface area contributed by atoms with Gasteiger partial charge in [0.15, 0.2) is 5.76 Å². The normalized spacial score (nSPS) is 16.9. The van der Waals surface area contributed by atoms with Gasteiger partial charge in [-0.1, -0.05) is 18.2 Å². The summed E-state index contributed by atoms with van der Waals surface area (Å²) in [6.45, 7) is 5.31. The third-order valence-corrected chi connectivity index (χ3v) is 5.34. The summed E-state index contributed by atoms with van der Waals surface area (Å²) < 4.78 is 5.48. The number of hydrogen-bond donors (Lipinski definition) is 4. The number of para-hydroxylation sites is 1. The van der Waals surface area contributed by atoms with Gasteiger partial charge in [0, 0.05) is 23.4 Å². The molecule has 182 valence electrons. The van der Waals surface area contributed by atoms with Crippen molar-refractivity contribution in [2.24, 2.45) is 5.92 Å². The summed E-state index contributed by atoms with van der Waals surface area (Å²) in [5.74, 6) is -3.62. The maximum absolute atomic E-state index is 12.8. The monoisotopic (exact) mass is 470 g/mol. The molecule has 0 bridgehead atoms. The highest BCUT2D eigenvalue weighted by Gasteiger charge is 2.34. The highest BCUT2D eigenvalue weighted by Crippen LogP contribution is 2.19. The second-order valence-electron chi connectivity index (χ2n) is 9.39. The predicted octanol–water partition coefficient (Wildman–Crippen LogP) is 1.05. The van der Waals surface area contributed by atoms with Crippen molar-refractivity contribution in [3.05, 3.63) is 36.1 Å². The zero-order valence-corrected chi connectivity index (χ0v) is 19.5. The van der Waals surface area contributed by atoms with Gasteiger partial charge in [-0.05, 0) is 52.2 Å². The van der Waals surface area contributed by atoms with Crippen LogP contribution in [0.3, 0.4) is 0 Å². The van der Waals surface area contributed by atoms with Crippen LogP contribution in [0.2, 0.25) is 0 Å². The fourth-order valence-corrected chi connectivity index (χ4v) is 3.72. The molecule has 3 rings (SSSR count). The number of hydrogen-bond acceptors (Lipinski definition) is 6. The van der Waals surface area contributed by atoms with Crippen molar-refractivity contribution in [1.29, 1.82) is 0 Å². The van der Waals surface area contributed by atoms with Crippen LogP contribution in [-0.4, -0.2) is 54.1 Å². The molecule has 2 unspecified atom stereocenters. The molecule has 1 aliphatic heterocycles. The van der Waals surface area contributed by atoms with Crippen LogP contribution < -0.4 is 21.3 Å². The maximum atomic E-state index is 12.8. The summed E-state index contributed by atoms with van der Waals surface area (Å²) in [6, 6.07) is 7.47. The SMILES string of the molecule is CC(C)(C)NC(=O)C(=O)C(CC1CCCNC1=O)NC(=O)CNC(=O)c1cc2ccccc2o1. The first-order valence-corrected chi connectivity index (χ1v) is 11.2. The van der Waals surface area contributed by atoms with Crippen LogP contribution in [0.25, 0.3) is 11.0 Å². The number of Topliss-reactive ketones (excluding diaryl/α,β-unsaturated/α-hetero) is 1. The molecule has 4 N–H and O–H groups in total. The summed E-state index contributed by atoms with van der Waals surface area (Å²) in [4.78, 5) is 62.4. The number of amides is 4. The van der Waals surface area contributed by atoms with Crippen LogP contribution >= 0.6 is 0 Å². The van der Waals surface area contributed by atoms with E-state index in [9.17, 15) is 24.0 Å². The van der Waals surface area contributed by atoms with E-state index in [2.05, 4.69) is 21.3 Å². The molecule has 0 saturated carbocycles. The molecule has 10 nitrogen and oxygen atoms in total. The Kier molecular flexibility index (Phi) is 7.70. The van der Waals surface area contributed by atoms with E-state index in [-0.39, 0.29) is 18.1 Å². The number of benzene rings is 1. The van der Waals surface area contributed by atoms with Crippen molar-refractivity contribution in [2.75, 3.05) is 13.1 Å². The molecule has 10 heteroatoms. The second kappa shape index (κ2) is 10.5. The Morgan fingerprint density at radius 2 is 1.91 bits per heavy atom. The van der Waals surface area contributed by atoms with E-state index in [1.807, 2.05) is 6.07 Å². The van der Waals surface area contributed by atoms with E-state index in [1.165, 1.54) is 0 Å². The van der Waals surface area contributed by atoms with Crippen molar-refractivity contribution in [1.82, 2.24) is 21.3 Å². The molecule has 4 amide bonds. The topological polar surface area (TPSA) is 147 Å². The van der Waals surface area contributed by atoms with Crippen molar-refractivity contribution in [3.63, 3.8) is 0 Å². The lowest BCUT2D eigenvalue weighted by Crippen LogP contribution is -2.54. The summed E-state index contributed by atoms with van der Waals surface area (Å²) in [6.07, 6.45) is 1.29. The molecule has 0 aliphatic carbocycles. The molecule has 1 aromatic carbocycles. The number of nitrogens with one attached hydrogen (secondary N) is 4. The zero-order valence-electron chi connectivity index (χ0n) is 19.5. The lowest BCUT2D eigenvalue weighted by atomic mass is 9.89. The van der Waals surface area contributed by atoms with Gasteiger partial charge in [-0.3, -0.25) is 24.0 Å². The number of piperidine rings is 1. The van der Waals surface area contributed by atoms with Gasteiger partial charge in [-0.15, -0.1) is 0 Å². The number of ketones is 1. The molecule has 1 aliphatic rings. The van der Waals surface area contributed by atoms with Gasteiger partial charge in [0.2, 0.25) is 17.6 Å². The van der Waals surface area contributed by atoms with Crippen LogP contribution in [0.5, 0.6) is 0 Å². The van der Waals surface area contributed by atoms with Gasteiger partial charge in [0.1, 0.15) is 5.58 Å². The van der Waals surface area contributed by atoms with Gasteiger partial charge in [0.25, 0.3) is 11.8 Å². The Morgan fingerprint density at radius 3 is 2.59 bits per heavy atom. The number of fused-ring (bicyclic) bond motifs is 1. The Hall–Kier alpha value is -3.69. The van der Waals surface area contributed by atoms with Gasteiger partial charge >= 0.3 is 0 Å². The van der Waals surface area contributed by atoms with Crippen molar-refractivity contribution in [2.45, 2.75) is 51.6 Å². The van der Waals surface area contributed by atoms with Crippen LogP contribution in [-0.2, 0) is 19.2 Å². The van der Waals surface area contributed by atoms with E-state index >= 15 is 0 Å². The zero-order chi connectivity index (χ0) is 24.9. The lowest BCUT2D eigenvalue weighted by Gasteiger charge is -2.27. The molecular formula is C24H30N4O6. The average molecular weight is 471 g/mol. The fraction of sp³-hybridized carbons (Fsp3) is 0.458. The quantitative estimate of drug-likeness (QED) is 0.424. The third kappa shape index (κ3) is 6.66. The first kappa shape index (κ1) is 24.9. The molecule has 0 spiro atoms. The molecule has 1 saturated heterocycles. The highest BCUT2D eigenvalue weighted by atomic mass is 16.3. The average Bonchev–Trinajstić information content (AvgIpc) is 3.21. The first-order valence-electron chi connectivity index (χ1n) is 11.2. The minimum Gasteiger partial charge on any atom is -0.451 e. The van der Waals surface area contributed by atoms with E-state index in [1.54, 1.807) is 45.0 Å². The minimum atomic E-state index is -1.20. The molecule has 1 fully saturated rings. The summed E-state index contributed by atoms with van der Waals surface area (Å²) in [7, 11) is 0. The Morgan fingerprint density at radius 1 is 1.18 bits per heavy atom. The predicted molar refractivity (Wildman–Crippen MR) is 124 cm³/mol. The molecule has 2 heterocycles. The molecule has 0 radical (unpaired) electrons. The van der Waals surface area contributed by atoms with E-state index in [0.29, 0.717) is 18.5 Å². The van der Waals surface area contributed by atoms with Gasteiger partial charge in [-0.25, -0.2) is 0 Å². The summed E-state index contributed by atoms with van der Waals surface area (Å²) >= 11 is 0. The van der Waals surface area contributed by atoms with E-state index in [0.717, 1.165) is 11.8 Å². The molecule has 2 atom stereocenters. The van der Waals surface area contributed by atoms with Crippen LogP contribution in [0, 0.1) is 5.92 Å². The fourth-order valence-electron chi connectivity index (χ4n) is 3.72. The lowest BCUT2D eigenvalue weighted by molar-refractivity contribution is -0.141. The van der Waals surface area contributed by atoms with Gasteiger partial charge in [-0.2, -0.15) is 0 Å². The van der Waals surface area contributed by atoms with Crippen molar-refractivity contribution >= 4 is 40.4 Å². The smallest absolute Gasteiger partial charge is 0.290 e. The Balaban J connectivity index is 1.64. The Labute approximate surface area is 197 Å². The van der Waals surface area contributed by atoms with Gasteiger partial charge in [0.05, 0.1) is 12.6 Å². The summed E-state index contributed by atoms with van der Waals surface area (Å²) in [5, 5.41) is 11.0. The van der Waals surface area contributed by atoms with Crippen molar-refractivity contribution in [3.8, 4) is 0 Å². The van der Waals surface area contributed by atoms with Crippen LogP contribution in [0.4, 0.5) is 0 Å². The standard InChI is InChI=1S/C24H30N4O6/c1-24(2,3)28-23(33)20(30)16(11-15-8-6-10-25-21(15)31)27-19(29)13-26-22(32)18-12-14-7-4-5-9-17(14)34-18/h4-5,7,9,12,15-16H,6,8,10-11,13H2,1-3H3,(H,25,31)(H,26,32)(H,27,29)(H,28,33). The minimum absolute atomic E-state index is 0.00844. The number of carbonyl (C=O) groups excluding carboxylic acids is 5. The molecule has 1 aromatic heterocycles. The van der Waals surface area contributed by atoms with Crippen LogP contribution in [0.15, 0.2) is 34.7 Å². The van der Waals surface area contributed by atoms with E-state index < -0.39 is 47.5 Å². The largest absolute Gasteiger partial charge is 0.451 e. The third-order valence-electron chi connectivity index (χ3n) is 5.34. The highest BCUT2D eigenvalue weighted by molar-refractivity contribution is 6.38. The first-order chi connectivity index (χ1) is 16.0. The summed E-state index contributed by atoms with van der Waals surface area (Å²) in [5.41, 5.74) is -0.109. The Bertz CT molecular complexity index is 1070. The number of carbonyl (C=O) groups is 5. The number of furan rings is 1. The van der Waals surface area contributed by atoms with Crippen molar-refractivity contribution < 1.29 is 28.4 Å². The molecule has 2 aromatic rings. The second-order valence-corrected chi connectivity index (χ2v) is 9.39. The molecule has 34 heavy (non-hydrogen) atoms. The number of rotatable bonds is 8. The van der Waals surface area contributed by atoms with Crippen LogP contribution in [0.1, 0.15) is 50.6 Å². The van der Waals surface area contributed by atoms with E-state index in [4.69, 9.17) is 4.42 Å². The maximum Gasteiger partial charge on any atom is 0.290 e.